The van der Waals surface area contributed by atoms with Crippen LogP contribution in [0.4, 0.5) is 0 Å². The van der Waals surface area contributed by atoms with E-state index < -0.39 is 0 Å². The van der Waals surface area contributed by atoms with Gasteiger partial charge in [0.05, 0.1) is 0 Å². The Hall–Kier alpha value is -0.860. The molecule has 0 spiro atoms. The predicted octanol–water partition coefficient (Wildman–Crippen LogP) is 3.43. The summed E-state index contributed by atoms with van der Waals surface area (Å²) in [6.07, 6.45) is 5.24. The second kappa shape index (κ2) is 6.10. The van der Waals surface area contributed by atoms with E-state index in [-0.39, 0.29) is 0 Å². The first kappa shape index (κ1) is 15.1. The number of hydrogen-bond acceptors (Lipinski definition) is 2. The summed E-state index contributed by atoms with van der Waals surface area (Å²) in [5.41, 5.74) is 2.47. The van der Waals surface area contributed by atoms with E-state index in [4.69, 9.17) is 0 Å². The van der Waals surface area contributed by atoms with Gasteiger partial charge in [0.15, 0.2) is 0 Å². The van der Waals surface area contributed by atoms with Crippen molar-refractivity contribution in [3.05, 3.63) is 35.9 Å². The summed E-state index contributed by atoms with van der Waals surface area (Å²) in [5.74, 6) is 0. The summed E-state index contributed by atoms with van der Waals surface area (Å²) in [4.78, 5) is 2.73. The second-order valence-electron chi connectivity index (χ2n) is 7.84. The highest BCUT2D eigenvalue weighted by molar-refractivity contribution is 5.27. The van der Waals surface area contributed by atoms with Crippen molar-refractivity contribution in [1.82, 2.24) is 10.2 Å². The number of hydrogen-bond donors (Lipinski definition) is 1. The lowest BCUT2D eigenvalue weighted by Gasteiger charge is -2.45. The lowest BCUT2D eigenvalue weighted by molar-refractivity contribution is 0.0968. The highest BCUT2D eigenvalue weighted by atomic mass is 15.1. The fourth-order valence-corrected chi connectivity index (χ4v) is 3.98. The largest absolute Gasteiger partial charge is 0.317 e. The van der Waals surface area contributed by atoms with Crippen LogP contribution in [0.15, 0.2) is 30.3 Å². The Labute approximate surface area is 129 Å². The van der Waals surface area contributed by atoms with E-state index in [2.05, 4.69) is 54.4 Å². The smallest absolute Gasteiger partial charge is 0.0104 e. The van der Waals surface area contributed by atoms with Gasteiger partial charge >= 0.3 is 0 Å². The summed E-state index contributed by atoms with van der Waals surface area (Å²) in [7, 11) is 0. The fourth-order valence-electron chi connectivity index (χ4n) is 3.98. The van der Waals surface area contributed by atoms with Gasteiger partial charge in [0.2, 0.25) is 0 Å². The molecule has 0 bridgehead atoms. The third-order valence-electron chi connectivity index (χ3n) is 5.68. The molecule has 2 fully saturated rings. The van der Waals surface area contributed by atoms with Crippen molar-refractivity contribution >= 4 is 0 Å². The lowest BCUT2D eigenvalue weighted by atomic mass is 9.72. The van der Waals surface area contributed by atoms with E-state index in [0.717, 1.165) is 13.1 Å². The number of nitrogens with one attached hydrogen (secondary N) is 1. The predicted molar refractivity (Wildman–Crippen MR) is 89.7 cm³/mol. The molecule has 0 saturated carbocycles. The SMILES string of the molecule is CC1(C)CCN(CC2(c3ccccc3)CCNCC2)CC1. The first-order valence-electron chi connectivity index (χ1n) is 8.58. The molecule has 1 aromatic carbocycles. The molecule has 2 saturated heterocycles. The standard InChI is InChI=1S/C19H30N2/c1-18(2)10-14-21(15-11-18)16-19(8-12-20-13-9-19)17-6-4-3-5-7-17/h3-7,20H,8-16H2,1-2H3. The highest BCUT2D eigenvalue weighted by Crippen LogP contribution is 2.37. The van der Waals surface area contributed by atoms with Crippen LogP contribution in [0, 0.1) is 5.41 Å². The summed E-state index contributed by atoms with van der Waals surface area (Å²) in [6, 6.07) is 11.2. The Bertz CT molecular complexity index is 436. The van der Waals surface area contributed by atoms with E-state index >= 15 is 0 Å². The molecule has 0 radical (unpaired) electrons. The first-order valence-corrected chi connectivity index (χ1v) is 8.58. The van der Waals surface area contributed by atoms with Crippen molar-refractivity contribution in [3.8, 4) is 0 Å². The number of likely N-dealkylation sites (tertiary alicyclic amines) is 1. The summed E-state index contributed by atoms with van der Waals surface area (Å²) >= 11 is 0. The van der Waals surface area contributed by atoms with Crippen LogP contribution in [0.5, 0.6) is 0 Å². The maximum Gasteiger partial charge on any atom is 0.0104 e. The number of nitrogens with zero attached hydrogens (tertiary/aromatic N) is 1. The molecule has 1 aromatic rings. The Kier molecular flexibility index (Phi) is 4.37. The van der Waals surface area contributed by atoms with Crippen molar-refractivity contribution in [2.45, 2.75) is 44.9 Å². The molecular formula is C19H30N2. The van der Waals surface area contributed by atoms with Crippen molar-refractivity contribution in [2.24, 2.45) is 5.41 Å². The van der Waals surface area contributed by atoms with E-state index in [0.29, 0.717) is 10.8 Å². The minimum atomic E-state index is 0.369. The van der Waals surface area contributed by atoms with Gasteiger partial charge in [0.25, 0.3) is 0 Å². The van der Waals surface area contributed by atoms with E-state index in [1.807, 2.05) is 0 Å². The summed E-state index contributed by atoms with van der Waals surface area (Å²) in [6.45, 7) is 10.9. The van der Waals surface area contributed by atoms with Crippen LogP contribution in [-0.2, 0) is 5.41 Å². The molecule has 0 aliphatic carbocycles. The van der Waals surface area contributed by atoms with Crippen molar-refractivity contribution in [1.29, 1.82) is 0 Å². The molecule has 0 atom stereocenters. The molecule has 116 valence electrons. The van der Waals surface area contributed by atoms with Gasteiger partial charge in [-0.15, -0.1) is 0 Å². The molecule has 2 heterocycles. The van der Waals surface area contributed by atoms with Crippen LogP contribution < -0.4 is 5.32 Å². The molecular weight excluding hydrogens is 256 g/mol. The number of rotatable bonds is 3. The number of benzene rings is 1. The molecule has 0 unspecified atom stereocenters. The van der Waals surface area contributed by atoms with Gasteiger partial charge < -0.3 is 10.2 Å². The zero-order valence-electron chi connectivity index (χ0n) is 13.7. The van der Waals surface area contributed by atoms with Gasteiger partial charge in [-0.3, -0.25) is 0 Å². The van der Waals surface area contributed by atoms with Gasteiger partial charge in [0.1, 0.15) is 0 Å². The van der Waals surface area contributed by atoms with Crippen LogP contribution in [-0.4, -0.2) is 37.6 Å². The maximum atomic E-state index is 3.54. The van der Waals surface area contributed by atoms with Crippen molar-refractivity contribution in [3.63, 3.8) is 0 Å². The Balaban J connectivity index is 1.75. The van der Waals surface area contributed by atoms with E-state index in [9.17, 15) is 0 Å². The van der Waals surface area contributed by atoms with Crippen molar-refractivity contribution in [2.75, 3.05) is 32.7 Å². The van der Waals surface area contributed by atoms with Crippen LogP contribution in [0.2, 0.25) is 0 Å². The second-order valence-corrected chi connectivity index (χ2v) is 7.84. The fraction of sp³-hybridized carbons (Fsp3) is 0.684. The molecule has 2 heteroatoms. The molecule has 1 N–H and O–H groups in total. The summed E-state index contributed by atoms with van der Waals surface area (Å²) < 4.78 is 0. The monoisotopic (exact) mass is 286 g/mol. The van der Waals surface area contributed by atoms with E-state index in [1.165, 1.54) is 45.3 Å². The van der Waals surface area contributed by atoms with Crippen molar-refractivity contribution < 1.29 is 0 Å². The van der Waals surface area contributed by atoms with Gasteiger partial charge in [-0.25, -0.2) is 0 Å². The molecule has 0 aromatic heterocycles. The highest BCUT2D eigenvalue weighted by Gasteiger charge is 2.37. The quantitative estimate of drug-likeness (QED) is 0.916. The van der Waals surface area contributed by atoms with Crippen LogP contribution >= 0.6 is 0 Å². The first-order chi connectivity index (χ1) is 10.1. The normalized spacial score (nSPS) is 25.6. The molecule has 0 amide bonds. The molecule has 2 aliphatic rings. The van der Waals surface area contributed by atoms with Crippen LogP contribution in [0.25, 0.3) is 0 Å². The molecule has 2 aliphatic heterocycles. The summed E-state index contributed by atoms with van der Waals surface area (Å²) in [5, 5.41) is 3.54. The van der Waals surface area contributed by atoms with Gasteiger partial charge in [-0.1, -0.05) is 44.2 Å². The van der Waals surface area contributed by atoms with Crippen LogP contribution in [0.1, 0.15) is 45.1 Å². The Morgan fingerprint density at radius 3 is 2.19 bits per heavy atom. The third kappa shape index (κ3) is 3.49. The minimum Gasteiger partial charge on any atom is -0.317 e. The zero-order valence-corrected chi connectivity index (χ0v) is 13.7. The third-order valence-corrected chi connectivity index (χ3v) is 5.68. The average molecular weight is 286 g/mol. The zero-order chi connectivity index (χ0) is 14.8. The van der Waals surface area contributed by atoms with Gasteiger partial charge in [0, 0.05) is 12.0 Å². The average Bonchev–Trinajstić information content (AvgIpc) is 2.51. The van der Waals surface area contributed by atoms with Crippen LogP contribution in [0.3, 0.4) is 0 Å². The lowest BCUT2D eigenvalue weighted by Crippen LogP contribution is -2.50. The maximum absolute atomic E-state index is 3.54. The molecule has 2 nitrogen and oxygen atoms in total. The Morgan fingerprint density at radius 1 is 0.952 bits per heavy atom. The molecule has 21 heavy (non-hydrogen) atoms. The molecule has 3 rings (SSSR count). The topological polar surface area (TPSA) is 15.3 Å². The Morgan fingerprint density at radius 2 is 1.57 bits per heavy atom. The minimum absolute atomic E-state index is 0.369. The van der Waals surface area contributed by atoms with Gasteiger partial charge in [-0.2, -0.15) is 0 Å². The number of piperidine rings is 2. The van der Waals surface area contributed by atoms with E-state index in [1.54, 1.807) is 5.56 Å². The van der Waals surface area contributed by atoms with Gasteiger partial charge in [-0.05, 0) is 62.8 Å².